The summed E-state index contributed by atoms with van der Waals surface area (Å²) in [7, 11) is 0. The second-order valence-corrected chi connectivity index (χ2v) is 7.47. The maximum absolute atomic E-state index is 12.9. The van der Waals surface area contributed by atoms with Crippen LogP contribution in [0.3, 0.4) is 0 Å². The van der Waals surface area contributed by atoms with Crippen LogP contribution in [0.1, 0.15) is 18.4 Å². The summed E-state index contributed by atoms with van der Waals surface area (Å²) in [6.45, 7) is 4.46. The minimum absolute atomic E-state index is 0.0676. The average molecular weight is 367 g/mol. The van der Waals surface area contributed by atoms with Gasteiger partial charge in [-0.25, -0.2) is 9.97 Å². The number of piperidine rings is 1. The molecule has 0 aromatic carbocycles. The molecule has 1 unspecified atom stereocenters. The topological polar surface area (TPSA) is 71.5 Å². The summed E-state index contributed by atoms with van der Waals surface area (Å²) >= 11 is 0. The van der Waals surface area contributed by atoms with Gasteiger partial charge in [-0.3, -0.25) is 9.78 Å². The van der Waals surface area contributed by atoms with E-state index in [1.165, 1.54) is 0 Å². The molecule has 7 heteroatoms. The molecule has 2 aliphatic heterocycles. The highest BCUT2D eigenvalue weighted by molar-refractivity contribution is 5.78. The fraction of sp³-hybridized carbons (Fsp3) is 0.500. The first-order chi connectivity index (χ1) is 13.2. The van der Waals surface area contributed by atoms with E-state index in [1.807, 2.05) is 23.1 Å². The van der Waals surface area contributed by atoms with Crippen molar-refractivity contribution in [2.75, 3.05) is 44.3 Å². The maximum atomic E-state index is 12.9. The highest BCUT2D eigenvalue weighted by Gasteiger charge is 2.40. The predicted molar refractivity (Wildman–Crippen MR) is 101 cm³/mol. The predicted octanol–water partition coefficient (Wildman–Crippen LogP) is 1.56. The Morgan fingerprint density at radius 1 is 1.11 bits per heavy atom. The molecule has 2 saturated heterocycles. The number of rotatable bonds is 3. The van der Waals surface area contributed by atoms with Crippen LogP contribution in [0.5, 0.6) is 0 Å². The van der Waals surface area contributed by atoms with Crippen LogP contribution < -0.4 is 4.90 Å². The Kier molecular flexibility index (Phi) is 5.29. The molecule has 2 aromatic heterocycles. The van der Waals surface area contributed by atoms with E-state index in [1.54, 1.807) is 24.8 Å². The van der Waals surface area contributed by atoms with Gasteiger partial charge < -0.3 is 14.5 Å². The van der Waals surface area contributed by atoms with Gasteiger partial charge in [-0.15, -0.1) is 0 Å². The van der Waals surface area contributed by atoms with Gasteiger partial charge in [0.15, 0.2) is 0 Å². The van der Waals surface area contributed by atoms with Crippen molar-refractivity contribution in [2.45, 2.75) is 19.3 Å². The Hall–Kier alpha value is -2.54. The van der Waals surface area contributed by atoms with Gasteiger partial charge in [0, 0.05) is 56.4 Å². The van der Waals surface area contributed by atoms with Gasteiger partial charge in [-0.05, 0) is 36.6 Å². The van der Waals surface area contributed by atoms with Crippen molar-refractivity contribution in [3.63, 3.8) is 0 Å². The maximum Gasteiger partial charge on any atom is 0.227 e. The third kappa shape index (κ3) is 4.24. The molecule has 2 fully saturated rings. The lowest BCUT2D eigenvalue weighted by Crippen LogP contribution is -2.52. The minimum atomic E-state index is -0.0676. The molecule has 1 atom stereocenters. The smallest absolute Gasteiger partial charge is 0.227 e. The van der Waals surface area contributed by atoms with Gasteiger partial charge in [0.05, 0.1) is 19.6 Å². The highest BCUT2D eigenvalue weighted by atomic mass is 16.5. The van der Waals surface area contributed by atoms with Gasteiger partial charge in [-0.1, -0.05) is 0 Å². The van der Waals surface area contributed by atoms with Crippen molar-refractivity contribution in [3.05, 3.63) is 48.5 Å². The Morgan fingerprint density at radius 2 is 1.93 bits per heavy atom. The summed E-state index contributed by atoms with van der Waals surface area (Å²) < 4.78 is 5.94. The fourth-order valence-electron chi connectivity index (χ4n) is 4.07. The van der Waals surface area contributed by atoms with Crippen LogP contribution in [0.4, 0.5) is 5.95 Å². The number of hydrogen-bond acceptors (Lipinski definition) is 6. The number of aromatic nitrogens is 3. The third-order valence-corrected chi connectivity index (χ3v) is 5.39. The summed E-state index contributed by atoms with van der Waals surface area (Å²) in [5, 5.41) is 0. The summed E-state index contributed by atoms with van der Waals surface area (Å²) in [6, 6.07) is 5.63. The standard InChI is InChI=1S/C20H25N5O2/c26-18(13-17-3-8-21-9-4-17)24-10-1-5-20(14-24)15-25(11-12-27-16-20)19-22-6-2-7-23-19/h2-4,6-9H,1,5,10-16H2. The van der Waals surface area contributed by atoms with Crippen LogP contribution in [0.25, 0.3) is 0 Å². The van der Waals surface area contributed by atoms with Gasteiger partial charge in [0.25, 0.3) is 0 Å². The lowest BCUT2D eigenvalue weighted by atomic mass is 9.80. The van der Waals surface area contributed by atoms with E-state index in [0.717, 1.165) is 50.5 Å². The third-order valence-electron chi connectivity index (χ3n) is 5.39. The molecular weight excluding hydrogens is 342 g/mol. The molecule has 0 radical (unpaired) electrons. The number of carbonyl (C=O) groups excluding carboxylic acids is 1. The quantitative estimate of drug-likeness (QED) is 0.820. The largest absolute Gasteiger partial charge is 0.379 e. The number of likely N-dealkylation sites (tertiary alicyclic amines) is 1. The van der Waals surface area contributed by atoms with Crippen molar-refractivity contribution < 1.29 is 9.53 Å². The molecule has 0 N–H and O–H groups in total. The van der Waals surface area contributed by atoms with Gasteiger partial charge >= 0.3 is 0 Å². The Labute approximate surface area is 159 Å². The normalized spacial score (nSPS) is 23.3. The molecule has 27 heavy (non-hydrogen) atoms. The molecule has 0 bridgehead atoms. The lowest BCUT2D eigenvalue weighted by molar-refractivity contribution is -0.134. The Bertz CT molecular complexity index is 757. The molecule has 142 valence electrons. The van der Waals surface area contributed by atoms with Crippen molar-refractivity contribution in [1.82, 2.24) is 19.9 Å². The zero-order valence-corrected chi connectivity index (χ0v) is 15.5. The molecule has 4 heterocycles. The van der Waals surface area contributed by atoms with E-state index in [2.05, 4.69) is 19.9 Å². The Morgan fingerprint density at radius 3 is 2.74 bits per heavy atom. The summed E-state index contributed by atoms with van der Waals surface area (Å²) in [6.07, 6.45) is 9.47. The molecule has 0 saturated carbocycles. The Balaban J connectivity index is 1.47. The van der Waals surface area contributed by atoms with E-state index >= 15 is 0 Å². The number of carbonyl (C=O) groups is 1. The van der Waals surface area contributed by atoms with Crippen LogP contribution in [0.15, 0.2) is 43.0 Å². The van der Waals surface area contributed by atoms with Crippen LogP contribution >= 0.6 is 0 Å². The lowest BCUT2D eigenvalue weighted by Gasteiger charge is -2.43. The van der Waals surface area contributed by atoms with E-state index in [9.17, 15) is 4.79 Å². The average Bonchev–Trinajstić information content (AvgIpc) is 2.92. The number of anilines is 1. The number of amides is 1. The molecule has 7 nitrogen and oxygen atoms in total. The molecule has 2 aromatic rings. The van der Waals surface area contributed by atoms with Gasteiger partial charge in [-0.2, -0.15) is 0 Å². The second-order valence-electron chi connectivity index (χ2n) is 7.47. The van der Waals surface area contributed by atoms with Crippen molar-refractivity contribution in [3.8, 4) is 0 Å². The molecule has 4 rings (SSSR count). The molecule has 1 amide bonds. The van der Waals surface area contributed by atoms with E-state index in [0.29, 0.717) is 19.6 Å². The molecule has 2 aliphatic rings. The first-order valence-electron chi connectivity index (χ1n) is 9.51. The van der Waals surface area contributed by atoms with Crippen LogP contribution in [-0.2, 0) is 16.0 Å². The number of ether oxygens (including phenoxy) is 1. The fourth-order valence-corrected chi connectivity index (χ4v) is 4.07. The van der Waals surface area contributed by atoms with Gasteiger partial charge in [0.1, 0.15) is 0 Å². The van der Waals surface area contributed by atoms with E-state index < -0.39 is 0 Å². The van der Waals surface area contributed by atoms with Crippen molar-refractivity contribution in [2.24, 2.45) is 5.41 Å². The number of pyridine rings is 1. The molecular formula is C20H25N5O2. The number of hydrogen-bond donors (Lipinski definition) is 0. The SMILES string of the molecule is O=C(Cc1ccncc1)N1CCCC2(COCCN(c3ncccn3)C2)C1. The van der Waals surface area contributed by atoms with Crippen LogP contribution in [0, 0.1) is 5.41 Å². The first kappa shape index (κ1) is 17.9. The first-order valence-corrected chi connectivity index (χ1v) is 9.51. The van der Waals surface area contributed by atoms with Crippen molar-refractivity contribution >= 4 is 11.9 Å². The van der Waals surface area contributed by atoms with Crippen molar-refractivity contribution in [1.29, 1.82) is 0 Å². The van der Waals surface area contributed by atoms with Crippen LogP contribution in [-0.4, -0.2) is 65.2 Å². The van der Waals surface area contributed by atoms with E-state index in [-0.39, 0.29) is 11.3 Å². The molecule has 0 aliphatic carbocycles. The summed E-state index contributed by atoms with van der Waals surface area (Å²) in [4.78, 5) is 29.9. The van der Waals surface area contributed by atoms with Gasteiger partial charge in [0.2, 0.25) is 11.9 Å². The molecule has 1 spiro atoms. The zero-order chi connectivity index (χ0) is 18.5. The number of nitrogens with zero attached hydrogens (tertiary/aromatic N) is 5. The monoisotopic (exact) mass is 367 g/mol. The van der Waals surface area contributed by atoms with Crippen LogP contribution in [0.2, 0.25) is 0 Å². The zero-order valence-electron chi connectivity index (χ0n) is 15.5. The second kappa shape index (κ2) is 8.00. The minimum Gasteiger partial charge on any atom is -0.379 e. The summed E-state index contributed by atoms with van der Waals surface area (Å²) in [5.74, 6) is 0.912. The highest BCUT2D eigenvalue weighted by Crippen LogP contribution is 2.34. The van der Waals surface area contributed by atoms with E-state index in [4.69, 9.17) is 4.74 Å². The summed E-state index contributed by atoms with van der Waals surface area (Å²) in [5.41, 5.74) is 0.938.